The van der Waals surface area contributed by atoms with Crippen LogP contribution in [-0.2, 0) is 54.7 Å². The van der Waals surface area contributed by atoms with Gasteiger partial charge >= 0.3 is 0 Å². The van der Waals surface area contributed by atoms with Gasteiger partial charge in [0.1, 0.15) is 35.8 Å². The van der Waals surface area contributed by atoms with Crippen molar-refractivity contribution in [2.24, 2.45) is 10.8 Å². The lowest BCUT2D eigenvalue weighted by Crippen LogP contribution is -2.62. The van der Waals surface area contributed by atoms with Gasteiger partial charge in [-0.15, -0.1) is 0 Å². The molecule has 18 nitrogen and oxygen atoms in total. The highest BCUT2D eigenvalue weighted by Crippen LogP contribution is 2.33. The zero-order valence-electron chi connectivity index (χ0n) is 49.8. The van der Waals surface area contributed by atoms with Crippen LogP contribution >= 0.6 is 0 Å². The second-order valence-corrected chi connectivity index (χ2v) is 24.0. The highest BCUT2D eigenvalue weighted by atomic mass is 19.1. The van der Waals surface area contributed by atoms with Crippen molar-refractivity contribution in [2.45, 2.75) is 144 Å². The van der Waals surface area contributed by atoms with E-state index in [-0.39, 0.29) is 48.2 Å². The molecule has 7 rings (SSSR count). The Kier molecular flexibility index (Phi) is 19.9. The van der Waals surface area contributed by atoms with Gasteiger partial charge in [-0.05, 0) is 136 Å². The Labute approximate surface area is 490 Å². The lowest BCUT2D eigenvalue weighted by Gasteiger charge is -2.41. The quantitative estimate of drug-likeness (QED) is 0.0447. The van der Waals surface area contributed by atoms with Crippen molar-refractivity contribution in [2.75, 3.05) is 24.7 Å². The zero-order chi connectivity index (χ0) is 61.5. The van der Waals surface area contributed by atoms with Crippen LogP contribution in [0.4, 0.5) is 20.2 Å². The van der Waals surface area contributed by atoms with Crippen molar-refractivity contribution in [3.05, 3.63) is 165 Å². The van der Waals surface area contributed by atoms with Crippen LogP contribution < -0.4 is 42.5 Å². The molecule has 0 spiro atoms. The number of fused-ring (bicyclic) bond motifs is 2. The topological polar surface area (TPSA) is 239 Å². The summed E-state index contributed by atoms with van der Waals surface area (Å²) in [5, 5.41) is 23.2. The van der Waals surface area contributed by atoms with Gasteiger partial charge in [0.2, 0.25) is 35.4 Å². The fourth-order valence-electron chi connectivity index (χ4n) is 10.3. The number of hydrogen-bond donors (Lipinski definition) is 8. The van der Waals surface area contributed by atoms with Gasteiger partial charge in [0.25, 0.3) is 11.8 Å². The van der Waals surface area contributed by atoms with E-state index in [0.717, 1.165) is 11.1 Å². The molecule has 0 bridgehead atoms. The molecule has 8 N–H and O–H groups in total. The smallest absolute Gasteiger partial charge is 0.255 e. The number of carbonyl (C=O) groups is 8. The summed E-state index contributed by atoms with van der Waals surface area (Å²) in [4.78, 5) is 115. The van der Waals surface area contributed by atoms with E-state index >= 15 is 0 Å². The van der Waals surface area contributed by atoms with Gasteiger partial charge in [0, 0.05) is 59.6 Å². The number of hydrogen-bond acceptors (Lipinski definition) is 10. The third kappa shape index (κ3) is 14.9. The number of halogens is 2. The summed E-state index contributed by atoms with van der Waals surface area (Å²) < 4.78 is 29.7. The van der Waals surface area contributed by atoms with Crippen molar-refractivity contribution in [3.63, 3.8) is 0 Å². The normalized spacial score (nSPS) is 17.1. The number of anilines is 2. The number of nitrogens with zero attached hydrogens (tertiary/aromatic N) is 2. The Morgan fingerprint density at radius 1 is 0.476 bits per heavy atom. The summed E-state index contributed by atoms with van der Waals surface area (Å²) in [5.74, 6) is -4.79. The molecule has 8 amide bonds. The number of nitrogens with one attached hydrogen (secondary N) is 8. The Morgan fingerprint density at radius 3 is 1.14 bits per heavy atom. The van der Waals surface area contributed by atoms with E-state index in [2.05, 4.69) is 42.5 Å². The molecule has 84 heavy (non-hydrogen) atoms. The molecule has 0 radical (unpaired) electrons. The fourth-order valence-corrected chi connectivity index (χ4v) is 10.3. The Hall–Kier alpha value is -8.36. The molecule has 0 saturated heterocycles. The first-order chi connectivity index (χ1) is 39.6. The maximum Gasteiger partial charge on any atom is 0.255 e. The number of carbonyl (C=O) groups excluding carboxylic acids is 8. The Balaban J connectivity index is 1.07. The maximum atomic E-state index is 14.8. The third-order valence-corrected chi connectivity index (χ3v) is 15.7. The van der Waals surface area contributed by atoms with Gasteiger partial charge in [0.15, 0.2) is 0 Å². The molecule has 2 aliphatic heterocycles. The summed E-state index contributed by atoms with van der Waals surface area (Å²) in [6, 6.07) is 21.7. The highest BCUT2D eigenvalue weighted by molar-refractivity contribution is 6.07. The number of benzene rings is 5. The minimum Gasteiger partial charge on any atom is -0.348 e. The number of amides is 8. The summed E-state index contributed by atoms with van der Waals surface area (Å²) >= 11 is 0. The van der Waals surface area contributed by atoms with Gasteiger partial charge < -0.3 is 52.3 Å². The average Bonchev–Trinajstić information content (AvgIpc) is 3.65. The van der Waals surface area contributed by atoms with Crippen LogP contribution in [0.5, 0.6) is 0 Å². The average molecular weight is 1150 g/mol. The molecule has 0 fully saturated rings. The predicted octanol–water partition coefficient (Wildman–Crippen LogP) is 7.01. The molecule has 0 aliphatic carbocycles. The van der Waals surface area contributed by atoms with Gasteiger partial charge in [-0.2, -0.15) is 0 Å². The van der Waals surface area contributed by atoms with Crippen LogP contribution in [0.25, 0.3) is 0 Å². The Morgan fingerprint density at radius 2 is 0.821 bits per heavy atom. The first-order valence-electron chi connectivity index (χ1n) is 28.2. The highest BCUT2D eigenvalue weighted by Gasteiger charge is 2.45. The van der Waals surface area contributed by atoms with E-state index in [4.69, 9.17) is 0 Å². The number of rotatable bonds is 18. The van der Waals surface area contributed by atoms with Crippen molar-refractivity contribution in [3.8, 4) is 0 Å². The molecular formula is C64H78F2N10O8. The third-order valence-electron chi connectivity index (χ3n) is 15.7. The minimum atomic E-state index is -1.04. The van der Waals surface area contributed by atoms with Gasteiger partial charge in [-0.1, -0.05) is 90.1 Å². The van der Waals surface area contributed by atoms with Crippen molar-refractivity contribution < 1.29 is 47.1 Å². The number of likely N-dealkylation sites (N-methyl/N-ethyl adjacent to an activating group) is 2. The van der Waals surface area contributed by atoms with E-state index < -0.39 is 118 Å². The maximum absolute atomic E-state index is 14.8. The van der Waals surface area contributed by atoms with E-state index in [1.54, 1.807) is 115 Å². The van der Waals surface area contributed by atoms with Gasteiger partial charge in [-0.3, -0.25) is 38.4 Å². The molecule has 2 aliphatic rings. The van der Waals surface area contributed by atoms with Crippen molar-refractivity contribution in [1.29, 1.82) is 0 Å². The summed E-state index contributed by atoms with van der Waals surface area (Å²) in [5.41, 5.74) is 3.01. The largest absolute Gasteiger partial charge is 0.348 e. The molecule has 2 heterocycles. The second kappa shape index (κ2) is 26.5. The van der Waals surface area contributed by atoms with Crippen LogP contribution in [0, 0.1) is 22.5 Å². The molecule has 5 aromatic carbocycles. The second-order valence-electron chi connectivity index (χ2n) is 24.0. The molecule has 0 unspecified atom stereocenters. The van der Waals surface area contributed by atoms with Crippen LogP contribution in [0.3, 0.4) is 0 Å². The van der Waals surface area contributed by atoms with Crippen LogP contribution in [0.1, 0.15) is 135 Å². The first-order valence-corrected chi connectivity index (χ1v) is 28.2. The van der Waals surface area contributed by atoms with Crippen LogP contribution in [0.2, 0.25) is 0 Å². The summed E-state index contributed by atoms with van der Waals surface area (Å²) in [6.07, 6.45) is 0.174. The van der Waals surface area contributed by atoms with Crippen molar-refractivity contribution >= 4 is 58.6 Å². The lowest BCUT2D eigenvalue weighted by atomic mass is 9.84. The molecule has 8 atom stereocenters. The van der Waals surface area contributed by atoms with Gasteiger partial charge in [-0.25, -0.2) is 8.78 Å². The SMILES string of the molecule is CN[C@@H](C)C(=O)N[C@H](C(=O)N1Cc2cc(NC(=O)c3ccc(C(=O)Nc4ccc5c(c4)CN(C(=O)[C@@H](NC(=O)[C@H](C)NC)C(C)(C)C)[C@H](C(=O)N[C@H](C)c4ccccc4F)C5)cc3)ccc2C[C@H]1C(=O)N[C@H](C)c1ccccc1F)C(C)(C)C. The minimum absolute atomic E-state index is 0.0537. The molecule has 0 aromatic heterocycles. The Bertz CT molecular complexity index is 3090. The van der Waals surface area contributed by atoms with E-state index in [0.29, 0.717) is 22.5 Å². The lowest BCUT2D eigenvalue weighted by molar-refractivity contribution is -0.147. The van der Waals surface area contributed by atoms with Crippen LogP contribution in [0.15, 0.2) is 109 Å². The van der Waals surface area contributed by atoms with Gasteiger partial charge in [0.05, 0.1) is 24.2 Å². The first kappa shape index (κ1) is 63.2. The fraction of sp³-hybridized carbons (Fsp3) is 0.406. The molecule has 5 aromatic rings. The molecule has 20 heteroatoms. The zero-order valence-corrected chi connectivity index (χ0v) is 49.8. The summed E-state index contributed by atoms with van der Waals surface area (Å²) in [7, 11) is 3.26. The molecule has 446 valence electrons. The standard InChI is InChI=1S/C64H78F2N10O8/c1-35(47-17-13-15-19-49(47)65)69-59(81)51-31-41-25-27-45(29-43(41)33-75(51)61(83)53(63(5,6)7)73-55(77)37(3)67-11)71-57(79)39-21-23-40(24-22-39)58(80)72-46-28-26-42-32-52(60(82)70-36(2)48-18-14-16-20-50(48)66)76(34-44(42)30-46)62(84)54(64(8,9)10)74-56(78)38(4)68-12/h13-30,35-38,51-54,67-68H,31-34H2,1-12H3,(H,69,81)(H,70,82)(H,71,79)(H,72,80)(H,73,77)(H,74,78)/t35-,36-,37+,38+,51+,52+,53-,54-/m1/s1. The predicted molar refractivity (Wildman–Crippen MR) is 317 cm³/mol. The van der Waals surface area contributed by atoms with E-state index in [9.17, 15) is 47.1 Å². The van der Waals surface area contributed by atoms with E-state index in [1.807, 2.05) is 41.5 Å². The summed E-state index contributed by atoms with van der Waals surface area (Å²) in [6.45, 7) is 17.4. The monoisotopic (exact) mass is 1150 g/mol. The molecule has 0 saturated carbocycles. The van der Waals surface area contributed by atoms with E-state index in [1.165, 1.54) is 46.2 Å². The van der Waals surface area contributed by atoms with Crippen molar-refractivity contribution in [1.82, 2.24) is 41.7 Å². The molecular weight excluding hydrogens is 1070 g/mol. The van der Waals surface area contributed by atoms with Crippen LogP contribution in [-0.4, -0.2) is 107 Å².